The van der Waals surface area contributed by atoms with Gasteiger partial charge in [-0.2, -0.15) is 0 Å². The lowest BCUT2D eigenvalue weighted by Crippen LogP contribution is -2.37. The molecule has 0 unspecified atom stereocenters. The number of rotatable bonds is 6. The van der Waals surface area contributed by atoms with Crippen molar-refractivity contribution in [1.82, 2.24) is 5.32 Å². The zero-order valence-corrected chi connectivity index (χ0v) is 7.45. The molecule has 0 fully saturated rings. The van der Waals surface area contributed by atoms with Crippen molar-refractivity contribution < 1.29 is 19.4 Å². The van der Waals surface area contributed by atoms with E-state index in [1.807, 2.05) is 0 Å². The molecule has 4 N–H and O–H groups in total. The maximum Gasteiger partial charge on any atom is 0.321 e. The average Bonchev–Trinajstić information content (AvgIpc) is 2.04. The van der Waals surface area contributed by atoms with E-state index in [0.29, 0.717) is 13.2 Å². The van der Waals surface area contributed by atoms with E-state index in [1.54, 1.807) is 0 Å². The molecule has 0 rings (SSSR count). The predicted octanol–water partition coefficient (Wildman–Crippen LogP) is -1.45. The predicted molar refractivity (Wildman–Crippen MR) is 45.1 cm³/mol. The summed E-state index contributed by atoms with van der Waals surface area (Å²) in [6, 6.07) is -1.14. The Morgan fingerprint density at radius 2 is 2.23 bits per heavy atom. The van der Waals surface area contributed by atoms with Gasteiger partial charge in [0.2, 0.25) is 5.91 Å². The number of carbonyl (C=O) groups excluding carboxylic acids is 1. The quantitative estimate of drug-likeness (QED) is 0.445. The van der Waals surface area contributed by atoms with Gasteiger partial charge >= 0.3 is 5.97 Å². The fourth-order valence-electron chi connectivity index (χ4n) is 0.652. The normalized spacial score (nSPS) is 12.2. The summed E-state index contributed by atoms with van der Waals surface area (Å²) in [6.07, 6.45) is -0.209. The fourth-order valence-corrected chi connectivity index (χ4v) is 0.652. The molecule has 0 aliphatic rings. The largest absolute Gasteiger partial charge is 0.480 e. The van der Waals surface area contributed by atoms with E-state index in [4.69, 9.17) is 10.8 Å². The third-order valence-electron chi connectivity index (χ3n) is 1.35. The molecule has 13 heavy (non-hydrogen) atoms. The number of methoxy groups -OCH3 is 1. The summed E-state index contributed by atoms with van der Waals surface area (Å²) in [5.74, 6) is -1.56. The molecule has 76 valence electrons. The molecule has 0 aliphatic carbocycles. The smallest absolute Gasteiger partial charge is 0.321 e. The third kappa shape index (κ3) is 6.06. The van der Waals surface area contributed by atoms with Crippen LogP contribution < -0.4 is 11.1 Å². The van der Waals surface area contributed by atoms with E-state index in [-0.39, 0.29) is 12.3 Å². The zero-order chi connectivity index (χ0) is 10.3. The van der Waals surface area contributed by atoms with Crippen molar-refractivity contribution in [1.29, 1.82) is 0 Å². The summed E-state index contributed by atoms with van der Waals surface area (Å²) >= 11 is 0. The maximum absolute atomic E-state index is 10.9. The van der Waals surface area contributed by atoms with Crippen molar-refractivity contribution in [3.63, 3.8) is 0 Å². The molecule has 0 radical (unpaired) electrons. The first-order valence-corrected chi connectivity index (χ1v) is 3.82. The third-order valence-corrected chi connectivity index (χ3v) is 1.35. The Hall–Kier alpha value is -1.14. The molecular formula is C7H14N2O4. The summed E-state index contributed by atoms with van der Waals surface area (Å²) in [6.45, 7) is 0.760. The van der Waals surface area contributed by atoms with Gasteiger partial charge in [-0.1, -0.05) is 0 Å². The highest BCUT2D eigenvalue weighted by Gasteiger charge is 2.15. The van der Waals surface area contributed by atoms with Crippen molar-refractivity contribution in [3.05, 3.63) is 0 Å². The highest BCUT2D eigenvalue weighted by molar-refractivity contribution is 5.84. The molecule has 0 saturated heterocycles. The highest BCUT2D eigenvalue weighted by Crippen LogP contribution is 1.87. The second-order valence-corrected chi connectivity index (χ2v) is 2.49. The molecule has 0 saturated carbocycles. The van der Waals surface area contributed by atoms with Crippen LogP contribution >= 0.6 is 0 Å². The van der Waals surface area contributed by atoms with Crippen LogP contribution in [0, 0.1) is 0 Å². The average molecular weight is 190 g/mol. The van der Waals surface area contributed by atoms with Crippen LogP contribution in [-0.4, -0.2) is 43.3 Å². The Balaban J connectivity index is 3.56. The van der Waals surface area contributed by atoms with Gasteiger partial charge in [-0.05, 0) is 0 Å². The summed E-state index contributed by atoms with van der Waals surface area (Å²) in [7, 11) is 1.51. The lowest BCUT2D eigenvalue weighted by atomic mass is 10.2. The van der Waals surface area contributed by atoms with Crippen LogP contribution in [0.5, 0.6) is 0 Å². The van der Waals surface area contributed by atoms with Crippen molar-refractivity contribution in [2.45, 2.75) is 12.5 Å². The number of ether oxygens (including phenoxy) is 1. The summed E-state index contributed by atoms with van der Waals surface area (Å²) in [5.41, 5.74) is 5.13. The van der Waals surface area contributed by atoms with Gasteiger partial charge in [-0.25, -0.2) is 0 Å². The number of hydrogen-bond donors (Lipinski definition) is 3. The number of nitrogens with one attached hydrogen (secondary N) is 1. The van der Waals surface area contributed by atoms with Gasteiger partial charge in [0.25, 0.3) is 0 Å². The fraction of sp³-hybridized carbons (Fsp3) is 0.714. The van der Waals surface area contributed by atoms with Crippen molar-refractivity contribution in [3.8, 4) is 0 Å². The number of carboxylic acid groups (broad SMARTS) is 1. The van der Waals surface area contributed by atoms with Gasteiger partial charge in [-0.3, -0.25) is 9.59 Å². The Kier molecular flexibility index (Phi) is 5.82. The van der Waals surface area contributed by atoms with Crippen LogP contribution in [0.1, 0.15) is 6.42 Å². The summed E-state index contributed by atoms with van der Waals surface area (Å²) in [4.78, 5) is 21.2. The maximum atomic E-state index is 10.9. The van der Waals surface area contributed by atoms with Crippen molar-refractivity contribution >= 4 is 11.9 Å². The van der Waals surface area contributed by atoms with E-state index >= 15 is 0 Å². The van der Waals surface area contributed by atoms with E-state index < -0.39 is 12.0 Å². The molecule has 1 amide bonds. The van der Waals surface area contributed by atoms with Gasteiger partial charge in [0.05, 0.1) is 13.0 Å². The first-order chi connectivity index (χ1) is 6.07. The molecule has 6 heteroatoms. The van der Waals surface area contributed by atoms with Gasteiger partial charge in [-0.15, -0.1) is 0 Å². The van der Waals surface area contributed by atoms with Crippen LogP contribution in [0.25, 0.3) is 0 Å². The second kappa shape index (κ2) is 6.38. The van der Waals surface area contributed by atoms with E-state index in [0.717, 1.165) is 0 Å². The van der Waals surface area contributed by atoms with Crippen LogP contribution in [0.4, 0.5) is 0 Å². The molecule has 0 heterocycles. The van der Waals surface area contributed by atoms with Crippen LogP contribution in [-0.2, 0) is 14.3 Å². The number of carboxylic acids is 1. The molecule has 0 bridgehead atoms. The number of nitrogens with two attached hydrogens (primary N) is 1. The standard InChI is InChI=1S/C7H14N2O4/c1-13-3-2-9-6(10)4-5(8)7(11)12/h5H,2-4,8H2,1H3,(H,9,10)(H,11,12)/t5-/m0/s1. The molecule has 6 nitrogen and oxygen atoms in total. The van der Waals surface area contributed by atoms with Gasteiger partial charge in [0, 0.05) is 13.7 Å². The van der Waals surface area contributed by atoms with E-state index in [1.165, 1.54) is 7.11 Å². The van der Waals surface area contributed by atoms with Gasteiger partial charge in [0.15, 0.2) is 0 Å². The lowest BCUT2D eigenvalue weighted by Gasteiger charge is -2.06. The zero-order valence-electron chi connectivity index (χ0n) is 7.45. The monoisotopic (exact) mass is 190 g/mol. The van der Waals surface area contributed by atoms with Crippen molar-refractivity contribution in [2.75, 3.05) is 20.3 Å². The topological polar surface area (TPSA) is 102 Å². The molecule has 0 spiro atoms. The first-order valence-electron chi connectivity index (χ1n) is 3.82. The highest BCUT2D eigenvalue weighted by atomic mass is 16.5. The van der Waals surface area contributed by atoms with Gasteiger partial charge in [0.1, 0.15) is 6.04 Å². The van der Waals surface area contributed by atoms with Crippen LogP contribution in [0.15, 0.2) is 0 Å². The summed E-state index contributed by atoms with van der Waals surface area (Å²) in [5, 5.41) is 10.8. The first kappa shape index (κ1) is 11.9. The minimum Gasteiger partial charge on any atom is -0.480 e. The number of amides is 1. The van der Waals surface area contributed by atoms with Gasteiger partial charge < -0.3 is 20.9 Å². The Morgan fingerprint density at radius 1 is 1.62 bits per heavy atom. The summed E-state index contributed by atoms with van der Waals surface area (Å²) < 4.78 is 4.68. The van der Waals surface area contributed by atoms with Crippen LogP contribution in [0.2, 0.25) is 0 Å². The van der Waals surface area contributed by atoms with E-state index in [9.17, 15) is 9.59 Å². The molecular weight excluding hydrogens is 176 g/mol. The molecule has 0 aliphatic heterocycles. The Bertz CT molecular complexity index is 183. The minimum atomic E-state index is -1.18. The molecule has 0 aromatic rings. The van der Waals surface area contributed by atoms with E-state index in [2.05, 4.69) is 10.1 Å². The number of carbonyl (C=O) groups is 2. The SMILES string of the molecule is COCCNC(=O)C[C@H](N)C(=O)O. The molecule has 1 atom stereocenters. The number of hydrogen-bond acceptors (Lipinski definition) is 4. The second-order valence-electron chi connectivity index (χ2n) is 2.49. The van der Waals surface area contributed by atoms with Crippen LogP contribution in [0.3, 0.4) is 0 Å². The number of aliphatic carboxylic acids is 1. The minimum absolute atomic E-state index is 0.209. The molecule has 0 aromatic heterocycles. The Morgan fingerprint density at radius 3 is 2.69 bits per heavy atom. The van der Waals surface area contributed by atoms with Crippen molar-refractivity contribution in [2.24, 2.45) is 5.73 Å². The molecule has 0 aromatic carbocycles. The lowest BCUT2D eigenvalue weighted by molar-refractivity contribution is -0.140. The Labute approximate surface area is 76.0 Å².